The van der Waals surface area contributed by atoms with Gasteiger partial charge in [0.05, 0.1) is 15.7 Å². The SMILES string of the molecule is CCC1CNC(CC(C)C)CN1c1cccc(Cl)c1Cl. The molecular formula is C16H24Cl2N2. The quantitative estimate of drug-likeness (QED) is 0.874. The Labute approximate surface area is 132 Å². The molecule has 2 unspecified atom stereocenters. The summed E-state index contributed by atoms with van der Waals surface area (Å²) in [4.78, 5) is 2.43. The van der Waals surface area contributed by atoms with Crippen LogP contribution in [0.5, 0.6) is 0 Å². The van der Waals surface area contributed by atoms with E-state index in [1.165, 1.54) is 6.42 Å². The Hall–Kier alpha value is -0.440. The highest BCUT2D eigenvalue weighted by molar-refractivity contribution is 6.43. The van der Waals surface area contributed by atoms with E-state index in [9.17, 15) is 0 Å². The number of anilines is 1. The van der Waals surface area contributed by atoms with Gasteiger partial charge in [-0.25, -0.2) is 0 Å². The molecule has 1 aliphatic rings. The molecule has 2 rings (SSSR count). The third kappa shape index (κ3) is 3.60. The Morgan fingerprint density at radius 3 is 2.75 bits per heavy atom. The molecule has 4 heteroatoms. The van der Waals surface area contributed by atoms with Crippen LogP contribution in [0.4, 0.5) is 5.69 Å². The molecule has 0 amide bonds. The van der Waals surface area contributed by atoms with Crippen molar-refractivity contribution >= 4 is 28.9 Å². The monoisotopic (exact) mass is 314 g/mol. The predicted molar refractivity (Wildman–Crippen MR) is 89.1 cm³/mol. The van der Waals surface area contributed by atoms with Crippen LogP contribution in [0, 0.1) is 5.92 Å². The Bertz CT molecular complexity index is 448. The molecule has 1 heterocycles. The predicted octanol–water partition coefficient (Wildman–Crippen LogP) is 4.60. The Morgan fingerprint density at radius 2 is 2.10 bits per heavy atom. The van der Waals surface area contributed by atoms with Gasteiger partial charge in [-0.15, -0.1) is 0 Å². The van der Waals surface area contributed by atoms with Gasteiger partial charge in [-0.3, -0.25) is 0 Å². The lowest BCUT2D eigenvalue weighted by Gasteiger charge is -2.42. The number of rotatable bonds is 4. The molecule has 1 fully saturated rings. The molecule has 1 aromatic carbocycles. The molecule has 2 atom stereocenters. The second kappa shape index (κ2) is 7.02. The van der Waals surface area contributed by atoms with Crippen LogP contribution in [0.15, 0.2) is 18.2 Å². The zero-order chi connectivity index (χ0) is 14.7. The first-order valence-electron chi connectivity index (χ1n) is 7.47. The van der Waals surface area contributed by atoms with Crippen molar-refractivity contribution in [2.75, 3.05) is 18.0 Å². The summed E-state index contributed by atoms with van der Waals surface area (Å²) in [5, 5.41) is 4.98. The highest BCUT2D eigenvalue weighted by Crippen LogP contribution is 2.35. The Balaban J connectivity index is 2.22. The van der Waals surface area contributed by atoms with Crippen LogP contribution >= 0.6 is 23.2 Å². The van der Waals surface area contributed by atoms with Gasteiger partial charge in [-0.2, -0.15) is 0 Å². The van der Waals surface area contributed by atoms with E-state index < -0.39 is 0 Å². The van der Waals surface area contributed by atoms with Gasteiger partial charge in [0.1, 0.15) is 0 Å². The number of hydrogen-bond donors (Lipinski definition) is 1. The van der Waals surface area contributed by atoms with E-state index >= 15 is 0 Å². The standard InChI is InChI=1S/C16H24Cl2N2/c1-4-13-9-19-12(8-11(2)3)10-20(13)15-7-5-6-14(17)16(15)18/h5-7,11-13,19H,4,8-10H2,1-3H3. The molecule has 1 aliphatic heterocycles. The maximum absolute atomic E-state index is 6.41. The number of nitrogens with one attached hydrogen (secondary N) is 1. The normalized spacial score (nSPS) is 23.4. The van der Waals surface area contributed by atoms with Crippen molar-refractivity contribution in [2.45, 2.75) is 45.7 Å². The van der Waals surface area contributed by atoms with Gasteiger partial charge in [0.15, 0.2) is 0 Å². The van der Waals surface area contributed by atoms with E-state index in [4.69, 9.17) is 23.2 Å². The lowest BCUT2D eigenvalue weighted by molar-refractivity contribution is 0.343. The van der Waals surface area contributed by atoms with Crippen molar-refractivity contribution in [1.82, 2.24) is 5.32 Å². The van der Waals surface area contributed by atoms with Crippen molar-refractivity contribution in [2.24, 2.45) is 5.92 Å². The number of hydrogen-bond acceptors (Lipinski definition) is 2. The second-order valence-electron chi connectivity index (χ2n) is 6.02. The average molecular weight is 315 g/mol. The highest BCUT2D eigenvalue weighted by atomic mass is 35.5. The summed E-state index contributed by atoms with van der Waals surface area (Å²) >= 11 is 12.6. The molecule has 0 saturated carbocycles. The van der Waals surface area contributed by atoms with Crippen LogP contribution in [0.25, 0.3) is 0 Å². The minimum atomic E-state index is 0.481. The Morgan fingerprint density at radius 1 is 1.35 bits per heavy atom. The summed E-state index contributed by atoms with van der Waals surface area (Å²) in [7, 11) is 0. The molecule has 2 nitrogen and oxygen atoms in total. The molecule has 0 aromatic heterocycles. The van der Waals surface area contributed by atoms with Gasteiger partial charge in [0, 0.05) is 25.2 Å². The van der Waals surface area contributed by atoms with Crippen LogP contribution in [-0.2, 0) is 0 Å². The number of halogens is 2. The third-order valence-corrected chi connectivity index (χ3v) is 4.78. The van der Waals surface area contributed by atoms with E-state index in [2.05, 4.69) is 37.1 Å². The smallest absolute Gasteiger partial charge is 0.0825 e. The minimum absolute atomic E-state index is 0.481. The van der Waals surface area contributed by atoms with Gasteiger partial charge < -0.3 is 10.2 Å². The molecule has 20 heavy (non-hydrogen) atoms. The van der Waals surface area contributed by atoms with Gasteiger partial charge in [0.25, 0.3) is 0 Å². The highest BCUT2D eigenvalue weighted by Gasteiger charge is 2.28. The van der Waals surface area contributed by atoms with Crippen LogP contribution < -0.4 is 10.2 Å². The van der Waals surface area contributed by atoms with E-state index in [1.54, 1.807) is 0 Å². The minimum Gasteiger partial charge on any atom is -0.364 e. The number of nitrogens with zero attached hydrogens (tertiary/aromatic N) is 1. The molecule has 0 radical (unpaired) electrons. The summed E-state index contributed by atoms with van der Waals surface area (Å²) in [6.45, 7) is 8.77. The fourth-order valence-corrected chi connectivity index (χ4v) is 3.37. The van der Waals surface area contributed by atoms with Crippen LogP contribution in [0.2, 0.25) is 10.0 Å². The largest absolute Gasteiger partial charge is 0.364 e. The van der Waals surface area contributed by atoms with Gasteiger partial charge in [-0.1, -0.05) is 50.0 Å². The van der Waals surface area contributed by atoms with Crippen molar-refractivity contribution in [3.63, 3.8) is 0 Å². The molecule has 1 aromatic rings. The van der Waals surface area contributed by atoms with E-state index in [1.807, 2.05) is 12.1 Å². The fourth-order valence-electron chi connectivity index (χ4n) is 2.96. The first-order valence-corrected chi connectivity index (χ1v) is 8.22. The topological polar surface area (TPSA) is 15.3 Å². The first kappa shape index (κ1) is 15.9. The first-order chi connectivity index (χ1) is 9.52. The zero-order valence-electron chi connectivity index (χ0n) is 12.5. The summed E-state index contributed by atoms with van der Waals surface area (Å²) in [6, 6.07) is 6.91. The molecule has 0 bridgehead atoms. The van der Waals surface area contributed by atoms with Crippen molar-refractivity contribution < 1.29 is 0 Å². The summed E-state index contributed by atoms with van der Waals surface area (Å²) < 4.78 is 0. The maximum atomic E-state index is 6.41. The molecule has 112 valence electrons. The van der Waals surface area contributed by atoms with Gasteiger partial charge in [-0.05, 0) is 30.9 Å². The lowest BCUT2D eigenvalue weighted by Crippen LogP contribution is -2.56. The summed E-state index contributed by atoms with van der Waals surface area (Å²) in [6.07, 6.45) is 2.29. The van der Waals surface area contributed by atoms with E-state index in [0.717, 1.165) is 25.2 Å². The van der Waals surface area contributed by atoms with Crippen molar-refractivity contribution in [1.29, 1.82) is 0 Å². The van der Waals surface area contributed by atoms with Crippen molar-refractivity contribution in [3.8, 4) is 0 Å². The van der Waals surface area contributed by atoms with E-state index in [0.29, 0.717) is 28.0 Å². The van der Waals surface area contributed by atoms with E-state index in [-0.39, 0.29) is 0 Å². The molecule has 0 spiro atoms. The molecule has 1 N–H and O–H groups in total. The van der Waals surface area contributed by atoms with Crippen LogP contribution in [-0.4, -0.2) is 25.2 Å². The Kier molecular flexibility index (Phi) is 5.59. The molecule has 0 aliphatic carbocycles. The third-order valence-electron chi connectivity index (χ3n) is 3.97. The fraction of sp³-hybridized carbons (Fsp3) is 0.625. The lowest BCUT2D eigenvalue weighted by atomic mass is 9.98. The maximum Gasteiger partial charge on any atom is 0.0825 e. The average Bonchev–Trinajstić information content (AvgIpc) is 2.41. The second-order valence-corrected chi connectivity index (χ2v) is 6.81. The molecular weight excluding hydrogens is 291 g/mol. The van der Waals surface area contributed by atoms with Crippen LogP contribution in [0.3, 0.4) is 0 Å². The number of benzene rings is 1. The van der Waals surface area contributed by atoms with Gasteiger partial charge >= 0.3 is 0 Å². The zero-order valence-corrected chi connectivity index (χ0v) is 14.0. The summed E-state index contributed by atoms with van der Waals surface area (Å²) in [5.74, 6) is 0.697. The van der Waals surface area contributed by atoms with Crippen molar-refractivity contribution in [3.05, 3.63) is 28.2 Å². The van der Waals surface area contributed by atoms with Gasteiger partial charge in [0.2, 0.25) is 0 Å². The summed E-state index contributed by atoms with van der Waals surface area (Å²) in [5.41, 5.74) is 1.07. The molecule has 1 saturated heterocycles. The van der Waals surface area contributed by atoms with Crippen LogP contribution in [0.1, 0.15) is 33.6 Å². The number of piperazine rings is 1.